The van der Waals surface area contributed by atoms with E-state index in [1.807, 2.05) is 0 Å². The largest absolute Gasteiger partial charge is 0.631 e. The van der Waals surface area contributed by atoms with E-state index in [0.717, 1.165) is 0 Å². The van der Waals surface area contributed by atoms with Gasteiger partial charge in [-0.15, -0.1) is 0 Å². The van der Waals surface area contributed by atoms with Gasteiger partial charge in [-0.25, -0.2) is 5.32 Å². The summed E-state index contributed by atoms with van der Waals surface area (Å²) in [6.45, 7) is 0.973. The summed E-state index contributed by atoms with van der Waals surface area (Å²) in [5, 5.41) is 22.7. The van der Waals surface area contributed by atoms with Gasteiger partial charge in [0.1, 0.15) is 0 Å². The van der Waals surface area contributed by atoms with Crippen LogP contribution in [0.25, 0.3) is 0 Å². The van der Waals surface area contributed by atoms with Crippen LogP contribution in [0.1, 0.15) is 0 Å². The molecule has 4 nitrogen and oxygen atoms in total. The van der Waals surface area contributed by atoms with E-state index < -0.39 is 6.35 Å². The molecule has 1 aliphatic heterocycles. The maximum atomic E-state index is 10.2. The van der Waals surface area contributed by atoms with Crippen LogP contribution in [0, 0.1) is 5.21 Å². The first-order valence-corrected chi connectivity index (χ1v) is 2.22. The van der Waals surface area contributed by atoms with Crippen LogP contribution in [-0.2, 0) is 5.11 Å². The van der Waals surface area contributed by atoms with Crippen molar-refractivity contribution < 1.29 is 10.2 Å². The molecule has 0 saturated carbocycles. The fourth-order valence-corrected chi connectivity index (χ4v) is 0.571. The Bertz CT molecular complexity index is 60.0. The highest BCUT2D eigenvalue weighted by Gasteiger charge is 2.18. The van der Waals surface area contributed by atoms with Crippen molar-refractivity contribution in [2.45, 2.75) is 6.35 Å². The normalized spacial score (nSPS) is 42.0. The average Bonchev–Trinajstić information content (AvgIpc) is 1.91. The number of hydrogen-bond acceptors (Lipinski definition) is 2. The molecule has 0 amide bonds. The number of rotatable bonds is 0. The van der Waals surface area contributed by atoms with Crippen LogP contribution >= 0.6 is 0 Å². The van der Waals surface area contributed by atoms with Gasteiger partial charge < -0.3 is 10.3 Å². The van der Waals surface area contributed by atoms with Gasteiger partial charge in [-0.3, -0.25) is 0 Å². The van der Waals surface area contributed by atoms with Gasteiger partial charge in [-0.05, 0) is 0 Å². The molecule has 4 heteroatoms. The summed E-state index contributed by atoms with van der Waals surface area (Å²) in [7, 11) is 0. The molecular weight excluding hydrogens is 96.0 g/mol. The maximum Gasteiger partial charge on any atom is 0.281 e. The van der Waals surface area contributed by atoms with E-state index in [0.29, 0.717) is 13.1 Å². The molecule has 0 spiro atoms. The van der Waals surface area contributed by atoms with Gasteiger partial charge >= 0.3 is 0 Å². The van der Waals surface area contributed by atoms with Crippen molar-refractivity contribution in [3.63, 3.8) is 0 Å². The second-order valence-corrected chi connectivity index (χ2v) is 1.55. The third-order valence-corrected chi connectivity index (χ3v) is 0.994. The van der Waals surface area contributed by atoms with E-state index >= 15 is 0 Å². The van der Waals surface area contributed by atoms with Crippen LogP contribution in [-0.4, -0.2) is 19.4 Å². The maximum absolute atomic E-state index is 10.2. The molecule has 0 bridgehead atoms. The number of nitrogens with one attached hydrogen (secondary N) is 2. The van der Waals surface area contributed by atoms with E-state index in [9.17, 15) is 10.3 Å². The molecule has 41 valence electrons. The Morgan fingerprint density at radius 1 is 1.86 bits per heavy atom. The third-order valence-electron chi connectivity index (χ3n) is 0.994. The Morgan fingerprint density at radius 3 is 2.71 bits per heavy atom. The lowest BCUT2D eigenvalue weighted by molar-refractivity contribution is -0.892. The van der Waals surface area contributed by atoms with Crippen molar-refractivity contribution >= 4 is 0 Å². The van der Waals surface area contributed by atoms with Crippen molar-refractivity contribution in [2.24, 2.45) is 0 Å². The molecular formula is C3H7N2O2. The van der Waals surface area contributed by atoms with Crippen LogP contribution in [0.2, 0.25) is 0 Å². The van der Waals surface area contributed by atoms with Crippen LogP contribution in [0.15, 0.2) is 0 Å². The van der Waals surface area contributed by atoms with Crippen LogP contribution in [0.3, 0.4) is 0 Å². The van der Waals surface area contributed by atoms with Crippen molar-refractivity contribution in [1.82, 2.24) is 5.32 Å². The van der Waals surface area contributed by atoms with Gasteiger partial charge in [0, 0.05) is 0 Å². The smallest absolute Gasteiger partial charge is 0.281 e. The average molecular weight is 103 g/mol. The molecule has 1 saturated heterocycles. The fourth-order valence-electron chi connectivity index (χ4n) is 0.571. The molecule has 0 aliphatic carbocycles. The first kappa shape index (κ1) is 4.99. The van der Waals surface area contributed by atoms with Gasteiger partial charge in [-0.2, -0.15) is 5.11 Å². The van der Waals surface area contributed by atoms with Gasteiger partial charge in [0.05, 0.1) is 13.1 Å². The highest BCUT2D eigenvalue weighted by molar-refractivity contribution is 4.47. The molecule has 1 radical (unpaired) electrons. The molecule has 2 atom stereocenters. The zero-order valence-electron chi connectivity index (χ0n) is 3.81. The molecule has 1 aliphatic rings. The van der Waals surface area contributed by atoms with Crippen LogP contribution < -0.4 is 10.4 Å². The molecule has 0 aromatic heterocycles. The van der Waals surface area contributed by atoms with Crippen molar-refractivity contribution in [1.29, 1.82) is 0 Å². The molecule has 1 heterocycles. The quantitative estimate of drug-likeness (QED) is 0.338. The number of hydrogen-bond donors (Lipinski definition) is 2. The Balaban J connectivity index is 2.33. The van der Waals surface area contributed by atoms with Crippen molar-refractivity contribution in [3.05, 3.63) is 5.21 Å². The molecule has 0 aromatic rings. The lowest BCUT2D eigenvalue weighted by Crippen LogP contribution is -3.09. The first-order chi connectivity index (χ1) is 3.30. The lowest BCUT2D eigenvalue weighted by atomic mass is 10.7. The SMILES string of the molecule is [O]C1NCC[NH+]1[O-]. The fraction of sp³-hybridized carbons (Fsp3) is 1.00. The molecule has 1 rings (SSSR count). The van der Waals surface area contributed by atoms with E-state index in [1.54, 1.807) is 0 Å². The van der Waals surface area contributed by atoms with Gasteiger partial charge in [0.15, 0.2) is 0 Å². The first-order valence-electron chi connectivity index (χ1n) is 2.22. The standard InChI is InChI=1S/C3H7N2O2/c6-3-4-1-2-5(3)7/h3-5H,1-2H2. The monoisotopic (exact) mass is 103 g/mol. The number of quaternary nitrogens is 1. The minimum Gasteiger partial charge on any atom is -0.631 e. The van der Waals surface area contributed by atoms with Gasteiger partial charge in [0.25, 0.3) is 6.35 Å². The number of hydroxylamine groups is 2. The molecule has 2 unspecified atom stereocenters. The van der Waals surface area contributed by atoms with E-state index in [4.69, 9.17) is 0 Å². The Hall–Kier alpha value is -0.160. The van der Waals surface area contributed by atoms with E-state index in [-0.39, 0.29) is 5.06 Å². The summed E-state index contributed by atoms with van der Waals surface area (Å²) >= 11 is 0. The van der Waals surface area contributed by atoms with E-state index in [2.05, 4.69) is 5.32 Å². The van der Waals surface area contributed by atoms with Gasteiger partial charge in [-0.1, -0.05) is 0 Å². The second kappa shape index (κ2) is 1.75. The summed E-state index contributed by atoms with van der Waals surface area (Å²) in [4.78, 5) is 0. The Morgan fingerprint density at radius 2 is 2.57 bits per heavy atom. The summed E-state index contributed by atoms with van der Waals surface area (Å²) in [6, 6.07) is 0. The minimum absolute atomic E-state index is 0.208. The predicted molar refractivity (Wildman–Crippen MR) is 21.7 cm³/mol. The molecule has 1 fully saturated rings. The Kier molecular flexibility index (Phi) is 1.25. The molecule has 2 N–H and O–H groups in total. The molecule has 7 heavy (non-hydrogen) atoms. The van der Waals surface area contributed by atoms with Crippen molar-refractivity contribution in [3.8, 4) is 0 Å². The van der Waals surface area contributed by atoms with Crippen molar-refractivity contribution in [2.75, 3.05) is 13.1 Å². The zero-order valence-corrected chi connectivity index (χ0v) is 3.81. The van der Waals surface area contributed by atoms with Crippen LogP contribution in [0.5, 0.6) is 0 Å². The highest BCUT2D eigenvalue weighted by atomic mass is 16.5. The summed E-state index contributed by atoms with van der Waals surface area (Å²) in [5.41, 5.74) is 0. The Labute approximate surface area is 41.3 Å². The zero-order chi connectivity index (χ0) is 5.28. The van der Waals surface area contributed by atoms with Gasteiger partial charge in [0.2, 0.25) is 0 Å². The summed E-state index contributed by atoms with van der Waals surface area (Å²) in [6.07, 6.45) is -1.13. The predicted octanol–water partition coefficient (Wildman–Crippen LogP) is -2.31. The van der Waals surface area contributed by atoms with Crippen LogP contribution in [0.4, 0.5) is 0 Å². The molecule has 0 aromatic carbocycles. The minimum atomic E-state index is -1.13. The highest BCUT2D eigenvalue weighted by Crippen LogP contribution is 1.68. The second-order valence-electron chi connectivity index (χ2n) is 1.55. The topological polar surface area (TPSA) is 59.4 Å². The summed E-state index contributed by atoms with van der Waals surface area (Å²) in [5.74, 6) is 0. The third kappa shape index (κ3) is 0.889. The summed E-state index contributed by atoms with van der Waals surface area (Å²) < 4.78 is 0. The van der Waals surface area contributed by atoms with E-state index in [1.165, 1.54) is 0 Å². The lowest BCUT2D eigenvalue weighted by Gasteiger charge is -2.15.